The van der Waals surface area contributed by atoms with E-state index >= 15 is 0 Å². The van der Waals surface area contributed by atoms with Gasteiger partial charge in [-0.2, -0.15) is 0 Å². The van der Waals surface area contributed by atoms with Crippen molar-refractivity contribution in [1.29, 1.82) is 0 Å². The van der Waals surface area contributed by atoms with E-state index in [1.54, 1.807) is 61.9 Å². The van der Waals surface area contributed by atoms with Crippen LogP contribution in [0.1, 0.15) is 22.2 Å². The van der Waals surface area contributed by atoms with Gasteiger partial charge in [0.1, 0.15) is 17.3 Å². The van der Waals surface area contributed by atoms with Gasteiger partial charge in [0, 0.05) is 23.9 Å². The highest BCUT2D eigenvalue weighted by Gasteiger charge is 2.18. The Morgan fingerprint density at radius 2 is 1.81 bits per heavy atom. The van der Waals surface area contributed by atoms with Gasteiger partial charge in [-0.3, -0.25) is 14.5 Å². The van der Waals surface area contributed by atoms with Crippen molar-refractivity contribution in [2.45, 2.75) is 6.04 Å². The highest BCUT2D eigenvalue weighted by molar-refractivity contribution is 5.94. The molecular weight excluding hydrogens is 410 g/mol. The number of ether oxygens (including phenoxy) is 2. The molecular formula is C24H27N3O5. The quantitative estimate of drug-likeness (QED) is 0.505. The smallest absolute Gasteiger partial charge is 0.262 e. The molecule has 2 aromatic carbocycles. The van der Waals surface area contributed by atoms with Crippen LogP contribution in [0.15, 0.2) is 71.3 Å². The van der Waals surface area contributed by atoms with E-state index in [4.69, 9.17) is 13.9 Å². The molecule has 1 aromatic heterocycles. The molecule has 0 saturated heterocycles. The molecule has 0 radical (unpaired) electrons. The number of methoxy groups -OCH3 is 1. The molecule has 0 fully saturated rings. The minimum absolute atomic E-state index is 0.0698. The number of carbonyl (C=O) groups is 2. The third-order valence-electron chi connectivity index (χ3n) is 4.79. The van der Waals surface area contributed by atoms with Crippen molar-refractivity contribution in [3.05, 3.63) is 78.3 Å². The summed E-state index contributed by atoms with van der Waals surface area (Å²) in [5.74, 6) is 1.42. The maximum atomic E-state index is 12.5. The second-order valence-electron chi connectivity index (χ2n) is 7.30. The minimum atomic E-state index is -0.298. The molecule has 8 nitrogen and oxygen atoms in total. The molecule has 3 rings (SSSR count). The number of anilines is 1. The van der Waals surface area contributed by atoms with Gasteiger partial charge in [0.2, 0.25) is 0 Å². The molecule has 32 heavy (non-hydrogen) atoms. The Morgan fingerprint density at radius 1 is 1.03 bits per heavy atom. The third kappa shape index (κ3) is 6.36. The average Bonchev–Trinajstić information content (AvgIpc) is 3.32. The van der Waals surface area contributed by atoms with Crippen molar-refractivity contribution in [3.8, 4) is 11.5 Å². The lowest BCUT2D eigenvalue weighted by Crippen LogP contribution is -2.34. The van der Waals surface area contributed by atoms with Crippen LogP contribution in [0, 0.1) is 0 Å². The Bertz CT molecular complexity index is 1020. The first-order valence-corrected chi connectivity index (χ1v) is 10.1. The second kappa shape index (κ2) is 11.0. The number of nitrogens with one attached hydrogen (secondary N) is 2. The van der Waals surface area contributed by atoms with Crippen molar-refractivity contribution in [3.63, 3.8) is 0 Å². The monoisotopic (exact) mass is 437 g/mol. The van der Waals surface area contributed by atoms with Gasteiger partial charge in [-0.1, -0.05) is 6.07 Å². The third-order valence-corrected chi connectivity index (χ3v) is 4.79. The normalized spacial score (nSPS) is 11.6. The van der Waals surface area contributed by atoms with Gasteiger partial charge in [-0.15, -0.1) is 0 Å². The number of furan rings is 1. The van der Waals surface area contributed by atoms with E-state index in [9.17, 15) is 9.59 Å². The van der Waals surface area contributed by atoms with E-state index in [2.05, 4.69) is 10.6 Å². The summed E-state index contributed by atoms with van der Waals surface area (Å²) < 4.78 is 16.1. The summed E-state index contributed by atoms with van der Waals surface area (Å²) in [6, 6.07) is 17.3. The molecule has 0 spiro atoms. The summed E-state index contributed by atoms with van der Waals surface area (Å²) >= 11 is 0. The van der Waals surface area contributed by atoms with Gasteiger partial charge in [0.05, 0.1) is 19.4 Å². The summed E-state index contributed by atoms with van der Waals surface area (Å²) in [4.78, 5) is 26.6. The molecule has 168 valence electrons. The van der Waals surface area contributed by atoms with Crippen molar-refractivity contribution in [2.24, 2.45) is 0 Å². The zero-order valence-electron chi connectivity index (χ0n) is 18.3. The van der Waals surface area contributed by atoms with Gasteiger partial charge in [-0.25, -0.2) is 0 Å². The zero-order valence-corrected chi connectivity index (χ0v) is 18.3. The van der Waals surface area contributed by atoms with Crippen LogP contribution in [0.25, 0.3) is 0 Å². The fraction of sp³-hybridized carbons (Fsp3) is 0.250. The Kier molecular flexibility index (Phi) is 7.88. The van der Waals surface area contributed by atoms with Crippen molar-refractivity contribution in [1.82, 2.24) is 10.2 Å². The van der Waals surface area contributed by atoms with E-state index in [1.807, 2.05) is 31.1 Å². The average molecular weight is 437 g/mol. The van der Waals surface area contributed by atoms with E-state index in [-0.39, 0.29) is 24.5 Å². The predicted molar refractivity (Wildman–Crippen MR) is 121 cm³/mol. The molecule has 1 unspecified atom stereocenters. The lowest BCUT2D eigenvalue weighted by atomic mass is 10.1. The molecule has 2 N–H and O–H groups in total. The molecule has 3 aromatic rings. The van der Waals surface area contributed by atoms with E-state index in [0.717, 1.165) is 5.76 Å². The van der Waals surface area contributed by atoms with Gasteiger partial charge in [-0.05, 0) is 62.6 Å². The topological polar surface area (TPSA) is 93.0 Å². The van der Waals surface area contributed by atoms with Crippen LogP contribution in [0.5, 0.6) is 11.5 Å². The van der Waals surface area contributed by atoms with Gasteiger partial charge >= 0.3 is 0 Å². The van der Waals surface area contributed by atoms with E-state index in [1.165, 1.54) is 0 Å². The second-order valence-corrected chi connectivity index (χ2v) is 7.30. The molecule has 8 heteroatoms. The van der Waals surface area contributed by atoms with Crippen LogP contribution in [0.2, 0.25) is 0 Å². The molecule has 2 amide bonds. The van der Waals surface area contributed by atoms with Crippen LogP contribution < -0.4 is 20.1 Å². The van der Waals surface area contributed by atoms with Gasteiger partial charge < -0.3 is 24.5 Å². The van der Waals surface area contributed by atoms with Crippen LogP contribution >= 0.6 is 0 Å². The first kappa shape index (κ1) is 22.9. The maximum absolute atomic E-state index is 12.5. The Hall–Kier alpha value is -3.78. The first-order valence-electron chi connectivity index (χ1n) is 10.1. The van der Waals surface area contributed by atoms with E-state index in [0.29, 0.717) is 29.3 Å². The lowest BCUT2D eigenvalue weighted by Gasteiger charge is -2.22. The van der Waals surface area contributed by atoms with Crippen LogP contribution in [-0.2, 0) is 4.79 Å². The fourth-order valence-electron chi connectivity index (χ4n) is 3.06. The molecule has 0 aliphatic heterocycles. The Labute approximate surface area is 187 Å². The van der Waals surface area contributed by atoms with Gasteiger partial charge in [0.15, 0.2) is 6.61 Å². The summed E-state index contributed by atoms with van der Waals surface area (Å²) in [5.41, 5.74) is 1.12. The fourth-order valence-corrected chi connectivity index (χ4v) is 3.06. The van der Waals surface area contributed by atoms with Crippen molar-refractivity contribution < 1.29 is 23.5 Å². The summed E-state index contributed by atoms with van der Waals surface area (Å²) in [7, 11) is 5.42. The zero-order chi connectivity index (χ0) is 22.9. The molecule has 0 saturated carbocycles. The van der Waals surface area contributed by atoms with E-state index < -0.39 is 0 Å². The van der Waals surface area contributed by atoms with Crippen molar-refractivity contribution >= 4 is 17.5 Å². The molecule has 0 aliphatic carbocycles. The largest absolute Gasteiger partial charge is 0.497 e. The number of hydrogen-bond acceptors (Lipinski definition) is 6. The SMILES string of the molecule is COc1cccc(NC(=O)COc2ccc(C(=O)NCC(c3ccco3)N(C)C)cc2)c1. The number of nitrogens with zero attached hydrogens (tertiary/aromatic N) is 1. The number of carbonyl (C=O) groups excluding carboxylic acids is 2. The summed E-state index contributed by atoms with van der Waals surface area (Å²) in [6.07, 6.45) is 1.61. The number of hydrogen-bond donors (Lipinski definition) is 2. The number of benzene rings is 2. The Morgan fingerprint density at radius 3 is 2.47 bits per heavy atom. The molecule has 1 atom stereocenters. The summed E-state index contributed by atoms with van der Waals surface area (Å²) in [5, 5.41) is 5.66. The lowest BCUT2D eigenvalue weighted by molar-refractivity contribution is -0.118. The standard InChI is InChI=1S/C24H27N3O5/c1-27(2)21(22-8-5-13-31-22)15-25-24(29)17-9-11-19(12-10-17)32-16-23(28)26-18-6-4-7-20(14-18)30-3/h4-14,21H,15-16H2,1-3H3,(H,25,29)(H,26,28). The molecule has 0 aliphatic rings. The van der Waals surface area contributed by atoms with Crippen LogP contribution in [0.4, 0.5) is 5.69 Å². The highest BCUT2D eigenvalue weighted by atomic mass is 16.5. The molecule has 0 bridgehead atoms. The maximum Gasteiger partial charge on any atom is 0.262 e. The Balaban J connectivity index is 1.48. The molecule has 1 heterocycles. The minimum Gasteiger partial charge on any atom is -0.497 e. The number of likely N-dealkylation sites (N-methyl/N-ethyl adjacent to an activating group) is 1. The summed E-state index contributed by atoms with van der Waals surface area (Å²) in [6.45, 7) is 0.248. The predicted octanol–water partition coefficient (Wildman–Crippen LogP) is 3.34. The first-order chi connectivity index (χ1) is 15.5. The van der Waals surface area contributed by atoms with Crippen LogP contribution in [0.3, 0.4) is 0 Å². The van der Waals surface area contributed by atoms with Crippen molar-refractivity contribution in [2.75, 3.05) is 39.7 Å². The highest BCUT2D eigenvalue weighted by Crippen LogP contribution is 2.19. The van der Waals surface area contributed by atoms with Gasteiger partial charge in [0.25, 0.3) is 11.8 Å². The number of amides is 2. The van der Waals surface area contributed by atoms with Crippen LogP contribution in [-0.4, -0.2) is 51.1 Å². The number of rotatable bonds is 10.